The van der Waals surface area contributed by atoms with Gasteiger partial charge in [0.2, 0.25) is 0 Å². The molecule has 0 unspecified atom stereocenters. The summed E-state index contributed by atoms with van der Waals surface area (Å²) in [7, 11) is 0. The van der Waals surface area contributed by atoms with Crippen molar-refractivity contribution < 1.29 is 19.8 Å². The van der Waals surface area contributed by atoms with Crippen molar-refractivity contribution in [3.05, 3.63) is 29.3 Å². The van der Waals surface area contributed by atoms with E-state index in [1.165, 1.54) is 37.0 Å². The summed E-state index contributed by atoms with van der Waals surface area (Å²) < 4.78 is 0. The number of amides is 1. The van der Waals surface area contributed by atoms with E-state index < -0.39 is 30.4 Å². The van der Waals surface area contributed by atoms with Crippen LogP contribution in [0, 0.1) is 0 Å². The van der Waals surface area contributed by atoms with E-state index in [9.17, 15) is 19.8 Å². The van der Waals surface area contributed by atoms with Crippen LogP contribution in [-0.4, -0.2) is 47.2 Å². The molecule has 4 N–H and O–H groups in total. The Bertz CT molecular complexity index is 641. The largest absolute Gasteiger partial charge is 0.394 e. The van der Waals surface area contributed by atoms with Crippen LogP contribution in [0.5, 0.6) is 0 Å². The van der Waals surface area contributed by atoms with E-state index in [0.29, 0.717) is 11.3 Å². The molecular weight excluding hydrogens is 332 g/mol. The van der Waals surface area contributed by atoms with Crippen molar-refractivity contribution in [2.75, 3.05) is 24.7 Å². The van der Waals surface area contributed by atoms with Gasteiger partial charge in [-0.05, 0) is 30.5 Å². The van der Waals surface area contributed by atoms with Crippen molar-refractivity contribution in [1.82, 2.24) is 0 Å². The van der Waals surface area contributed by atoms with Gasteiger partial charge in [-0.25, -0.2) is 0 Å². The highest BCUT2D eigenvalue weighted by Crippen LogP contribution is 2.31. The molecule has 26 heavy (non-hydrogen) atoms. The zero-order valence-electron chi connectivity index (χ0n) is 15.5. The van der Waals surface area contributed by atoms with E-state index in [2.05, 4.69) is 6.92 Å². The Labute approximate surface area is 155 Å². The number of Topliss-reactive ketones (excluding diaryl/α,β-unsaturated/α-hetero) is 1. The first-order valence-electron chi connectivity index (χ1n) is 9.45. The van der Waals surface area contributed by atoms with Crippen LogP contribution in [0.15, 0.2) is 18.2 Å². The average molecular weight is 362 g/mol. The Morgan fingerprint density at radius 3 is 2.35 bits per heavy atom. The second-order valence-electron chi connectivity index (χ2n) is 7.27. The molecule has 0 saturated carbocycles. The van der Waals surface area contributed by atoms with E-state index in [1.807, 2.05) is 6.07 Å². The van der Waals surface area contributed by atoms with E-state index in [1.54, 1.807) is 12.1 Å². The van der Waals surface area contributed by atoms with Crippen molar-refractivity contribution in [2.24, 2.45) is 5.73 Å². The number of anilines is 1. The number of hydrogen-bond acceptors (Lipinski definition) is 5. The molecule has 1 heterocycles. The zero-order valence-corrected chi connectivity index (χ0v) is 15.5. The molecule has 0 atom stereocenters. The van der Waals surface area contributed by atoms with E-state index >= 15 is 0 Å². The Morgan fingerprint density at radius 1 is 1.04 bits per heavy atom. The van der Waals surface area contributed by atoms with Crippen LogP contribution in [-0.2, 0) is 11.2 Å². The first-order chi connectivity index (χ1) is 12.5. The average Bonchev–Trinajstić information content (AvgIpc) is 2.89. The predicted molar refractivity (Wildman–Crippen MR) is 101 cm³/mol. The maximum Gasteiger partial charge on any atom is 0.299 e. The van der Waals surface area contributed by atoms with Crippen LogP contribution in [0.25, 0.3) is 0 Å². The van der Waals surface area contributed by atoms with Gasteiger partial charge in [-0.1, -0.05) is 45.1 Å². The SMILES string of the molecule is CCCCCCCCc1ccc2c(c1)C(=O)C(=O)N2CC(N)(CO)CO. The number of aliphatic hydroxyl groups excluding tert-OH is 2. The molecule has 144 valence electrons. The minimum absolute atomic E-state index is 0.103. The third-order valence-corrected chi connectivity index (χ3v) is 4.96. The minimum Gasteiger partial charge on any atom is -0.394 e. The monoisotopic (exact) mass is 362 g/mol. The lowest BCUT2D eigenvalue weighted by molar-refractivity contribution is -0.114. The maximum absolute atomic E-state index is 12.3. The predicted octanol–water partition coefficient (Wildman–Crippen LogP) is 1.80. The number of unbranched alkanes of at least 4 members (excludes halogenated alkanes) is 5. The van der Waals surface area contributed by atoms with Crippen molar-refractivity contribution >= 4 is 17.4 Å². The van der Waals surface area contributed by atoms with Crippen molar-refractivity contribution in [1.29, 1.82) is 0 Å². The zero-order chi connectivity index (χ0) is 19.2. The van der Waals surface area contributed by atoms with E-state index in [0.717, 1.165) is 18.4 Å². The molecular formula is C20H30N2O4. The smallest absolute Gasteiger partial charge is 0.299 e. The molecule has 0 saturated heterocycles. The second kappa shape index (κ2) is 9.26. The van der Waals surface area contributed by atoms with Crippen LogP contribution in [0.2, 0.25) is 0 Å². The normalized spacial score (nSPS) is 14.2. The fraction of sp³-hybridized carbons (Fsp3) is 0.600. The topological polar surface area (TPSA) is 104 Å². The van der Waals surface area contributed by atoms with E-state index in [-0.39, 0.29) is 6.54 Å². The number of ketones is 1. The summed E-state index contributed by atoms with van der Waals surface area (Å²) in [5.74, 6) is -1.21. The molecule has 0 aromatic heterocycles. The summed E-state index contributed by atoms with van der Waals surface area (Å²) in [6.07, 6.45) is 8.11. The molecule has 1 amide bonds. The molecule has 0 bridgehead atoms. The number of carbonyl (C=O) groups is 2. The number of benzene rings is 1. The number of aryl methyl sites for hydroxylation is 1. The van der Waals surface area contributed by atoms with Crippen LogP contribution in [0.1, 0.15) is 61.4 Å². The van der Waals surface area contributed by atoms with Crippen LogP contribution in [0.3, 0.4) is 0 Å². The number of fused-ring (bicyclic) bond motifs is 1. The summed E-state index contributed by atoms with van der Waals surface area (Å²) >= 11 is 0. The Kier molecular flexibility index (Phi) is 7.32. The lowest BCUT2D eigenvalue weighted by Crippen LogP contribution is -2.56. The third kappa shape index (κ3) is 4.69. The van der Waals surface area contributed by atoms with Gasteiger partial charge in [0.05, 0.1) is 30.0 Å². The first kappa shape index (κ1) is 20.6. The fourth-order valence-corrected chi connectivity index (χ4v) is 3.23. The molecule has 1 aromatic rings. The summed E-state index contributed by atoms with van der Waals surface area (Å²) in [6.45, 7) is 1.14. The Hall–Kier alpha value is -1.76. The van der Waals surface area contributed by atoms with Gasteiger partial charge in [0.1, 0.15) is 0 Å². The molecule has 6 heteroatoms. The first-order valence-corrected chi connectivity index (χ1v) is 9.45. The highest BCUT2D eigenvalue weighted by Gasteiger charge is 2.39. The van der Waals surface area contributed by atoms with E-state index in [4.69, 9.17) is 5.73 Å². The van der Waals surface area contributed by atoms with Gasteiger partial charge in [-0.2, -0.15) is 0 Å². The third-order valence-electron chi connectivity index (χ3n) is 4.96. The summed E-state index contributed by atoms with van der Waals surface area (Å²) in [5, 5.41) is 18.7. The van der Waals surface area contributed by atoms with Crippen molar-refractivity contribution in [3.63, 3.8) is 0 Å². The second-order valence-corrected chi connectivity index (χ2v) is 7.27. The Balaban J connectivity index is 2.04. The number of nitrogens with zero attached hydrogens (tertiary/aromatic N) is 1. The standard InChI is InChI=1S/C20H30N2O4/c1-2-3-4-5-6-7-8-15-9-10-17-16(11-15)18(25)19(26)22(17)12-20(21,13-23)14-24/h9-11,23-24H,2-8,12-14,21H2,1H3. The van der Waals surface area contributed by atoms with Crippen LogP contribution in [0.4, 0.5) is 5.69 Å². The lowest BCUT2D eigenvalue weighted by Gasteiger charge is -2.30. The lowest BCUT2D eigenvalue weighted by atomic mass is 10.0. The highest BCUT2D eigenvalue weighted by atomic mass is 16.3. The number of rotatable bonds is 11. The number of aliphatic hydroxyl groups is 2. The van der Waals surface area contributed by atoms with Gasteiger partial charge in [-0.15, -0.1) is 0 Å². The number of carbonyl (C=O) groups excluding carboxylic acids is 2. The molecule has 0 fully saturated rings. The number of nitrogens with two attached hydrogens (primary N) is 1. The molecule has 1 aromatic carbocycles. The summed E-state index contributed by atoms with van der Waals surface area (Å²) in [6, 6.07) is 5.48. The van der Waals surface area contributed by atoms with Gasteiger partial charge in [0.25, 0.3) is 11.7 Å². The molecule has 2 rings (SSSR count). The summed E-state index contributed by atoms with van der Waals surface area (Å²) in [4.78, 5) is 25.9. The summed E-state index contributed by atoms with van der Waals surface area (Å²) in [5.41, 5.74) is 6.48. The molecule has 0 aliphatic carbocycles. The van der Waals surface area contributed by atoms with Gasteiger partial charge < -0.3 is 20.8 Å². The molecule has 1 aliphatic heterocycles. The fourth-order valence-electron chi connectivity index (χ4n) is 3.23. The van der Waals surface area contributed by atoms with Crippen LogP contribution < -0.4 is 10.6 Å². The van der Waals surface area contributed by atoms with Gasteiger partial charge >= 0.3 is 0 Å². The highest BCUT2D eigenvalue weighted by molar-refractivity contribution is 6.52. The van der Waals surface area contributed by atoms with Crippen molar-refractivity contribution in [3.8, 4) is 0 Å². The molecule has 1 aliphatic rings. The molecule has 0 radical (unpaired) electrons. The number of hydrogen-bond donors (Lipinski definition) is 3. The van der Waals surface area contributed by atoms with Gasteiger partial charge in [0.15, 0.2) is 0 Å². The Morgan fingerprint density at radius 2 is 1.69 bits per heavy atom. The minimum atomic E-state index is -1.34. The quantitative estimate of drug-likeness (QED) is 0.411. The molecule has 6 nitrogen and oxygen atoms in total. The molecule has 0 spiro atoms. The van der Waals surface area contributed by atoms with Crippen LogP contribution >= 0.6 is 0 Å². The maximum atomic E-state index is 12.3. The van der Waals surface area contributed by atoms with Gasteiger partial charge in [0, 0.05) is 6.54 Å². The van der Waals surface area contributed by atoms with Crippen molar-refractivity contribution in [2.45, 2.75) is 57.4 Å². The van der Waals surface area contributed by atoms with Gasteiger partial charge in [-0.3, -0.25) is 9.59 Å².